The summed E-state index contributed by atoms with van der Waals surface area (Å²) in [5, 5.41) is 0. The van der Waals surface area contributed by atoms with Gasteiger partial charge in [-0.05, 0) is 135 Å². The van der Waals surface area contributed by atoms with E-state index in [1.165, 1.54) is 44.9 Å². The molecule has 0 heterocycles. The average molecular weight is 1060 g/mol. The van der Waals surface area contributed by atoms with Crippen LogP contribution in [-0.2, 0) is 28.6 Å². The van der Waals surface area contributed by atoms with Crippen LogP contribution in [0.2, 0.25) is 0 Å². The third-order valence-electron chi connectivity index (χ3n) is 12.2. The van der Waals surface area contributed by atoms with Gasteiger partial charge in [0, 0.05) is 19.3 Å². The van der Waals surface area contributed by atoms with Crippen molar-refractivity contribution in [1.29, 1.82) is 0 Å². The molecule has 1 atom stereocenters. The maximum absolute atomic E-state index is 12.9. The van der Waals surface area contributed by atoms with Gasteiger partial charge >= 0.3 is 17.9 Å². The Morgan fingerprint density at radius 2 is 0.494 bits per heavy atom. The second-order valence-corrected chi connectivity index (χ2v) is 19.5. The third kappa shape index (κ3) is 61.5. The van der Waals surface area contributed by atoms with Gasteiger partial charge in [0.1, 0.15) is 13.2 Å². The highest BCUT2D eigenvalue weighted by Crippen LogP contribution is 2.14. The standard InChI is InChI=1S/C71H110O6/c1-4-7-10-13-16-19-22-25-27-29-31-33-35-37-39-41-43-46-49-52-55-58-61-64-70(73)76-67-68(66-75-69(72)63-60-57-54-51-48-45-24-21-18-15-12-9-6-3)77-71(74)65-62-59-56-53-50-47-44-42-40-38-36-34-32-30-28-26-23-20-17-14-11-8-5-2/h7-12,16-21,25-28,31-34,37-40,45,48,54,57,68H,4-6,13-15,22-24,29-30,35-36,41-44,46-47,49-53,55-56,58-67H2,1-3H3/b10-7-,11-8-,12-9-,19-16-,20-17-,21-18-,27-25-,28-26-,33-31-,34-32-,39-37-,40-38-,48-45-,57-54-. The molecule has 6 nitrogen and oxygen atoms in total. The number of rotatable bonds is 53. The lowest BCUT2D eigenvalue weighted by molar-refractivity contribution is -0.166. The molecular formula is C71H110O6. The summed E-state index contributed by atoms with van der Waals surface area (Å²) in [6, 6.07) is 0. The van der Waals surface area contributed by atoms with E-state index in [4.69, 9.17) is 14.2 Å². The first-order valence-corrected chi connectivity index (χ1v) is 30.6. The Morgan fingerprint density at radius 3 is 0.805 bits per heavy atom. The van der Waals surface area contributed by atoms with Gasteiger partial charge in [0.05, 0.1) is 0 Å². The number of unbranched alkanes of at least 4 members (excludes halogenated alkanes) is 14. The van der Waals surface area contributed by atoms with Crippen LogP contribution >= 0.6 is 0 Å². The van der Waals surface area contributed by atoms with Crippen molar-refractivity contribution >= 4 is 17.9 Å². The predicted molar refractivity (Wildman–Crippen MR) is 334 cm³/mol. The molecular weight excluding hydrogens is 949 g/mol. The van der Waals surface area contributed by atoms with E-state index >= 15 is 0 Å². The second kappa shape index (κ2) is 63.3. The van der Waals surface area contributed by atoms with Gasteiger partial charge in [0.2, 0.25) is 0 Å². The van der Waals surface area contributed by atoms with Crippen LogP contribution in [0.15, 0.2) is 170 Å². The molecule has 0 aliphatic carbocycles. The molecule has 0 rings (SSSR count). The highest BCUT2D eigenvalue weighted by molar-refractivity contribution is 5.71. The largest absolute Gasteiger partial charge is 0.462 e. The van der Waals surface area contributed by atoms with E-state index in [2.05, 4.69) is 179 Å². The molecule has 0 radical (unpaired) electrons. The minimum Gasteiger partial charge on any atom is -0.462 e. The molecule has 0 aliphatic heterocycles. The summed E-state index contributed by atoms with van der Waals surface area (Å²) in [5.41, 5.74) is 0. The van der Waals surface area contributed by atoms with Crippen LogP contribution in [0.25, 0.3) is 0 Å². The van der Waals surface area contributed by atoms with Gasteiger partial charge in [-0.15, -0.1) is 0 Å². The Labute approximate surface area is 472 Å². The Morgan fingerprint density at radius 1 is 0.260 bits per heavy atom. The van der Waals surface area contributed by atoms with Crippen LogP contribution in [0.1, 0.15) is 239 Å². The van der Waals surface area contributed by atoms with Gasteiger partial charge in [0.25, 0.3) is 0 Å². The summed E-state index contributed by atoms with van der Waals surface area (Å²) < 4.78 is 16.8. The van der Waals surface area contributed by atoms with E-state index in [1.54, 1.807) is 0 Å². The van der Waals surface area contributed by atoms with Crippen molar-refractivity contribution in [3.63, 3.8) is 0 Å². The summed E-state index contributed by atoms with van der Waals surface area (Å²) in [7, 11) is 0. The van der Waals surface area contributed by atoms with Gasteiger partial charge in [0.15, 0.2) is 6.10 Å². The fourth-order valence-electron chi connectivity index (χ4n) is 7.74. The number of carbonyl (C=O) groups is 3. The first-order chi connectivity index (χ1) is 38.0. The van der Waals surface area contributed by atoms with Crippen LogP contribution in [-0.4, -0.2) is 37.2 Å². The lowest BCUT2D eigenvalue weighted by Gasteiger charge is -2.18. The zero-order valence-electron chi connectivity index (χ0n) is 49.1. The van der Waals surface area contributed by atoms with Crippen molar-refractivity contribution < 1.29 is 28.6 Å². The van der Waals surface area contributed by atoms with Crippen molar-refractivity contribution in [3.8, 4) is 0 Å². The number of hydrogen-bond acceptors (Lipinski definition) is 6. The summed E-state index contributed by atoms with van der Waals surface area (Å²) in [5.74, 6) is -1.03. The highest BCUT2D eigenvalue weighted by Gasteiger charge is 2.19. The molecule has 1 unspecified atom stereocenters. The number of hydrogen-bond donors (Lipinski definition) is 0. The van der Waals surface area contributed by atoms with E-state index in [1.807, 2.05) is 12.2 Å². The monoisotopic (exact) mass is 1060 g/mol. The van der Waals surface area contributed by atoms with Crippen molar-refractivity contribution in [2.24, 2.45) is 0 Å². The summed E-state index contributed by atoms with van der Waals surface area (Å²) >= 11 is 0. The number of ether oxygens (including phenoxy) is 3. The maximum atomic E-state index is 12.9. The van der Waals surface area contributed by atoms with Crippen molar-refractivity contribution in [3.05, 3.63) is 170 Å². The minimum atomic E-state index is -0.828. The highest BCUT2D eigenvalue weighted by atomic mass is 16.6. The molecule has 0 aliphatic rings. The number of esters is 3. The molecule has 0 aromatic rings. The molecule has 0 spiro atoms. The van der Waals surface area contributed by atoms with E-state index < -0.39 is 6.10 Å². The van der Waals surface area contributed by atoms with Gasteiger partial charge < -0.3 is 14.2 Å². The predicted octanol–water partition coefficient (Wildman–Crippen LogP) is 21.1. The van der Waals surface area contributed by atoms with Gasteiger partial charge in [-0.25, -0.2) is 0 Å². The zero-order valence-corrected chi connectivity index (χ0v) is 49.1. The second-order valence-electron chi connectivity index (χ2n) is 19.5. The van der Waals surface area contributed by atoms with Crippen LogP contribution in [0, 0.1) is 0 Å². The van der Waals surface area contributed by atoms with Gasteiger partial charge in [-0.1, -0.05) is 255 Å². The number of carbonyl (C=O) groups excluding carboxylic acids is 3. The van der Waals surface area contributed by atoms with Crippen LogP contribution in [0.4, 0.5) is 0 Å². The Hall–Kier alpha value is -5.23. The molecule has 0 N–H and O–H groups in total. The molecule has 0 aromatic heterocycles. The molecule has 430 valence electrons. The maximum Gasteiger partial charge on any atom is 0.306 e. The molecule has 0 aromatic carbocycles. The molecule has 77 heavy (non-hydrogen) atoms. The third-order valence-corrected chi connectivity index (χ3v) is 12.2. The summed E-state index contributed by atoms with van der Waals surface area (Å²) in [6.07, 6.45) is 93.6. The Balaban J connectivity index is 4.48. The molecule has 6 heteroatoms. The molecule has 0 saturated heterocycles. The lowest BCUT2D eigenvalue weighted by Crippen LogP contribution is -2.30. The van der Waals surface area contributed by atoms with Crippen molar-refractivity contribution in [1.82, 2.24) is 0 Å². The van der Waals surface area contributed by atoms with E-state index in [9.17, 15) is 14.4 Å². The van der Waals surface area contributed by atoms with Gasteiger partial charge in [-0.3, -0.25) is 14.4 Å². The van der Waals surface area contributed by atoms with Crippen LogP contribution < -0.4 is 0 Å². The smallest absolute Gasteiger partial charge is 0.306 e. The Kier molecular flexibility index (Phi) is 59.0. The quantitative estimate of drug-likeness (QED) is 0.0261. The topological polar surface area (TPSA) is 78.9 Å². The normalized spacial score (nSPS) is 13.3. The molecule has 0 bridgehead atoms. The van der Waals surface area contributed by atoms with E-state index in [0.29, 0.717) is 12.8 Å². The van der Waals surface area contributed by atoms with Crippen molar-refractivity contribution in [2.45, 2.75) is 245 Å². The summed E-state index contributed by atoms with van der Waals surface area (Å²) in [4.78, 5) is 38.2. The van der Waals surface area contributed by atoms with Gasteiger partial charge in [-0.2, -0.15) is 0 Å². The van der Waals surface area contributed by atoms with E-state index in [-0.39, 0.29) is 44.0 Å². The minimum absolute atomic E-state index is 0.119. The average Bonchev–Trinajstić information content (AvgIpc) is 3.43. The zero-order chi connectivity index (χ0) is 55.7. The molecule has 0 fully saturated rings. The first kappa shape index (κ1) is 71.8. The fraction of sp³-hybridized carbons (Fsp3) is 0.563. The molecule has 0 amide bonds. The molecule has 0 saturated carbocycles. The van der Waals surface area contributed by atoms with Crippen molar-refractivity contribution in [2.75, 3.05) is 13.2 Å². The Bertz CT molecular complexity index is 1790. The number of allylic oxidation sites excluding steroid dienone is 28. The van der Waals surface area contributed by atoms with Crippen LogP contribution in [0.5, 0.6) is 0 Å². The fourth-order valence-corrected chi connectivity index (χ4v) is 7.74. The van der Waals surface area contributed by atoms with E-state index in [0.717, 1.165) is 148 Å². The van der Waals surface area contributed by atoms with Crippen LogP contribution in [0.3, 0.4) is 0 Å². The summed E-state index contributed by atoms with van der Waals surface area (Å²) in [6.45, 7) is 6.20. The first-order valence-electron chi connectivity index (χ1n) is 30.6. The lowest BCUT2D eigenvalue weighted by atomic mass is 10.1. The SMILES string of the molecule is CC/C=C\C/C=C\C/C=C\C/C=C\C/C=C\CCCCCCCCCC(=O)OCC(COC(=O)CC/C=C\C/C=C\C/C=C\C/C=C\CC)OC(=O)CCCCCCCCC/C=C\C/C=C\C/C=C\C/C=C\C/C=C\CC.